The third-order valence-electron chi connectivity index (χ3n) is 9.15. The Morgan fingerprint density at radius 1 is 1.09 bits per heavy atom. The minimum Gasteiger partial charge on any atom is -0.465 e. The van der Waals surface area contributed by atoms with Crippen LogP contribution in [0.1, 0.15) is 71.6 Å². The maximum Gasteiger partial charge on any atom is 0.312 e. The van der Waals surface area contributed by atoms with Gasteiger partial charge in [-0.05, 0) is 88.4 Å². The molecule has 0 amide bonds. The Bertz CT molecular complexity index is 569. The van der Waals surface area contributed by atoms with Crippen LogP contribution in [0.5, 0.6) is 0 Å². The maximum atomic E-state index is 12.5. The van der Waals surface area contributed by atoms with Gasteiger partial charge in [-0.1, -0.05) is 6.42 Å². The lowest BCUT2D eigenvalue weighted by Gasteiger charge is -2.66. The fourth-order valence-electron chi connectivity index (χ4n) is 8.36. The number of cyclic esters (lactones) is 1. The number of ether oxygens (including phenoxy) is 1. The molecule has 1 aliphatic heterocycles. The van der Waals surface area contributed by atoms with Gasteiger partial charge in [0.25, 0.3) is 0 Å². The van der Waals surface area contributed by atoms with Gasteiger partial charge in [-0.2, -0.15) is 0 Å². The van der Waals surface area contributed by atoms with E-state index >= 15 is 0 Å². The molecule has 1 N–H and O–H groups in total. The quantitative estimate of drug-likeness (QED) is 0.693. The van der Waals surface area contributed by atoms with Crippen molar-refractivity contribution in [2.75, 3.05) is 6.61 Å². The van der Waals surface area contributed by atoms with Crippen LogP contribution in [-0.4, -0.2) is 23.3 Å². The minimum absolute atomic E-state index is 0.0703. The van der Waals surface area contributed by atoms with Gasteiger partial charge in [-0.25, -0.2) is 0 Å². The van der Waals surface area contributed by atoms with Gasteiger partial charge in [0.1, 0.15) is 0 Å². The van der Waals surface area contributed by atoms with E-state index in [0.29, 0.717) is 29.8 Å². The zero-order valence-electron chi connectivity index (χ0n) is 14.6. The molecule has 5 fully saturated rings. The van der Waals surface area contributed by atoms with Crippen LogP contribution in [0.2, 0.25) is 0 Å². The number of aliphatic hydroxyl groups is 1. The molecule has 23 heavy (non-hydrogen) atoms. The second kappa shape index (κ2) is 4.15. The Balaban J connectivity index is 1.60. The minimum atomic E-state index is -0.471. The van der Waals surface area contributed by atoms with E-state index < -0.39 is 5.60 Å². The Morgan fingerprint density at radius 3 is 2.74 bits per heavy atom. The fraction of sp³-hybridized carbons (Fsp3) is 0.950. The molecule has 0 unspecified atom stereocenters. The molecular formula is C20H30O3. The van der Waals surface area contributed by atoms with Gasteiger partial charge in [-0.3, -0.25) is 4.79 Å². The second-order valence-corrected chi connectivity index (χ2v) is 10.1. The summed E-state index contributed by atoms with van der Waals surface area (Å²) in [4.78, 5) is 12.5. The van der Waals surface area contributed by atoms with Crippen molar-refractivity contribution in [1.82, 2.24) is 0 Å². The van der Waals surface area contributed by atoms with Gasteiger partial charge in [-0.15, -0.1) is 0 Å². The number of esters is 1. The number of carbonyl (C=O) groups is 1. The van der Waals surface area contributed by atoms with E-state index in [4.69, 9.17) is 4.74 Å². The van der Waals surface area contributed by atoms with Gasteiger partial charge >= 0.3 is 5.97 Å². The zero-order valence-corrected chi connectivity index (χ0v) is 14.6. The van der Waals surface area contributed by atoms with Gasteiger partial charge in [0.2, 0.25) is 0 Å². The Hall–Kier alpha value is -0.570. The average molecular weight is 318 g/mol. The number of carbonyl (C=O) groups excluding carboxylic acids is 1. The van der Waals surface area contributed by atoms with Crippen LogP contribution in [0.3, 0.4) is 0 Å². The lowest BCUT2D eigenvalue weighted by Crippen LogP contribution is -2.64. The summed E-state index contributed by atoms with van der Waals surface area (Å²) in [7, 11) is 0. The van der Waals surface area contributed by atoms with Crippen molar-refractivity contribution in [3.05, 3.63) is 0 Å². The van der Waals surface area contributed by atoms with Crippen molar-refractivity contribution in [1.29, 1.82) is 0 Å². The lowest BCUT2D eigenvalue weighted by molar-refractivity contribution is -0.233. The molecule has 0 aromatic rings. The molecule has 3 heteroatoms. The molecule has 4 bridgehead atoms. The number of fused-ring (bicyclic) bond motifs is 1. The SMILES string of the molecule is C[C@]12CCC[C@@]3(COC1=O)[C@@H]1CC[C@H]4C[C@@]1(CC[C@@H]32)C[C@@]4(C)O. The highest BCUT2D eigenvalue weighted by Gasteiger charge is 2.70. The molecule has 4 aliphatic carbocycles. The fourth-order valence-corrected chi connectivity index (χ4v) is 8.36. The van der Waals surface area contributed by atoms with Crippen molar-refractivity contribution in [2.24, 2.45) is 34.0 Å². The zero-order chi connectivity index (χ0) is 16.1. The molecule has 1 spiro atoms. The number of hydrogen-bond acceptors (Lipinski definition) is 3. The molecule has 0 aromatic carbocycles. The van der Waals surface area contributed by atoms with Crippen molar-refractivity contribution in [3.63, 3.8) is 0 Å². The summed E-state index contributed by atoms with van der Waals surface area (Å²) in [5.74, 6) is 1.74. The van der Waals surface area contributed by atoms with E-state index in [1.165, 1.54) is 44.9 Å². The molecule has 0 aromatic heterocycles. The summed E-state index contributed by atoms with van der Waals surface area (Å²) in [6.45, 7) is 4.91. The summed E-state index contributed by atoms with van der Waals surface area (Å²) >= 11 is 0. The molecule has 1 heterocycles. The van der Waals surface area contributed by atoms with Gasteiger partial charge in [0.05, 0.1) is 17.6 Å². The molecule has 7 atom stereocenters. The van der Waals surface area contributed by atoms with E-state index in [-0.39, 0.29) is 16.8 Å². The van der Waals surface area contributed by atoms with Crippen LogP contribution < -0.4 is 0 Å². The monoisotopic (exact) mass is 318 g/mol. The summed E-state index contributed by atoms with van der Waals surface area (Å²) in [5, 5.41) is 10.9. The van der Waals surface area contributed by atoms with E-state index in [1.54, 1.807) is 0 Å². The summed E-state index contributed by atoms with van der Waals surface area (Å²) in [6, 6.07) is 0. The normalized spacial score (nSPS) is 60.7. The Kier molecular flexibility index (Phi) is 2.66. The highest BCUT2D eigenvalue weighted by Crippen LogP contribution is 2.74. The van der Waals surface area contributed by atoms with Crippen LogP contribution >= 0.6 is 0 Å². The van der Waals surface area contributed by atoms with E-state index in [0.717, 1.165) is 12.8 Å². The van der Waals surface area contributed by atoms with E-state index in [9.17, 15) is 9.90 Å². The van der Waals surface area contributed by atoms with Crippen LogP contribution in [0, 0.1) is 34.0 Å². The third kappa shape index (κ3) is 1.59. The highest BCUT2D eigenvalue weighted by atomic mass is 16.5. The lowest BCUT2D eigenvalue weighted by atomic mass is 9.40. The van der Waals surface area contributed by atoms with Crippen molar-refractivity contribution in [2.45, 2.75) is 77.2 Å². The van der Waals surface area contributed by atoms with E-state index in [1.807, 2.05) is 0 Å². The summed E-state index contributed by atoms with van der Waals surface area (Å²) in [6.07, 6.45) is 10.4. The standard InChI is InChI=1S/C20H30O3/c1-17-7-3-8-20(12-23-16(17)21)14(17)6-9-19-10-13(4-5-15(19)20)18(2,22)11-19/h13-15,22H,3-12H2,1-2H3/t13-,14+,15+,17+,18+,19-,20-/m0/s1. The second-order valence-electron chi connectivity index (χ2n) is 10.1. The first-order valence-corrected chi connectivity index (χ1v) is 9.72. The molecule has 1 saturated heterocycles. The molecule has 3 nitrogen and oxygen atoms in total. The van der Waals surface area contributed by atoms with E-state index in [2.05, 4.69) is 13.8 Å². The molecule has 5 rings (SSSR count). The maximum absolute atomic E-state index is 12.5. The molecule has 5 aliphatic rings. The van der Waals surface area contributed by atoms with Crippen LogP contribution in [0.25, 0.3) is 0 Å². The Labute approximate surface area is 139 Å². The van der Waals surface area contributed by atoms with Gasteiger partial charge in [0, 0.05) is 5.41 Å². The predicted molar refractivity (Wildman–Crippen MR) is 86.6 cm³/mol. The van der Waals surface area contributed by atoms with Gasteiger partial charge in [0.15, 0.2) is 0 Å². The van der Waals surface area contributed by atoms with Crippen molar-refractivity contribution in [3.8, 4) is 0 Å². The summed E-state index contributed by atoms with van der Waals surface area (Å²) in [5.41, 5.74) is -0.174. The first-order valence-electron chi connectivity index (χ1n) is 9.72. The highest BCUT2D eigenvalue weighted by molar-refractivity contribution is 5.78. The predicted octanol–water partition coefficient (Wildman–Crippen LogP) is 3.69. The Morgan fingerprint density at radius 2 is 1.91 bits per heavy atom. The number of rotatable bonds is 0. The van der Waals surface area contributed by atoms with Crippen molar-refractivity contribution < 1.29 is 14.6 Å². The third-order valence-corrected chi connectivity index (χ3v) is 9.15. The van der Waals surface area contributed by atoms with Crippen molar-refractivity contribution >= 4 is 5.97 Å². The average Bonchev–Trinajstić information content (AvgIpc) is 2.68. The van der Waals surface area contributed by atoms with Crippen LogP contribution in [0.4, 0.5) is 0 Å². The molecule has 4 saturated carbocycles. The first kappa shape index (κ1) is 14.7. The molecule has 0 radical (unpaired) electrons. The van der Waals surface area contributed by atoms with Crippen LogP contribution in [0.15, 0.2) is 0 Å². The summed E-state index contributed by atoms with van der Waals surface area (Å²) < 4.78 is 5.81. The molecular weight excluding hydrogens is 288 g/mol. The van der Waals surface area contributed by atoms with Crippen LogP contribution in [-0.2, 0) is 9.53 Å². The topological polar surface area (TPSA) is 46.5 Å². The van der Waals surface area contributed by atoms with Gasteiger partial charge < -0.3 is 9.84 Å². The molecule has 128 valence electrons. The first-order chi connectivity index (χ1) is 10.8. The largest absolute Gasteiger partial charge is 0.465 e. The smallest absolute Gasteiger partial charge is 0.312 e. The number of hydrogen-bond donors (Lipinski definition) is 1.